The van der Waals surface area contributed by atoms with Gasteiger partial charge in [0, 0.05) is 0 Å². The first-order chi connectivity index (χ1) is 16.1. The van der Waals surface area contributed by atoms with Crippen LogP contribution < -0.4 is 5.43 Å². The highest BCUT2D eigenvalue weighted by molar-refractivity contribution is 7.86. The monoisotopic (exact) mass is 490 g/mol. The van der Waals surface area contributed by atoms with Crippen molar-refractivity contribution in [3.63, 3.8) is 0 Å². The van der Waals surface area contributed by atoms with Gasteiger partial charge in [-0.3, -0.25) is 4.18 Å². The lowest BCUT2D eigenvalue weighted by molar-refractivity contribution is -0.148. The van der Waals surface area contributed by atoms with Crippen molar-refractivity contribution in [3.05, 3.63) is 65.7 Å². The summed E-state index contributed by atoms with van der Waals surface area (Å²) in [7, 11) is -4.00. The molecule has 0 bridgehead atoms. The third kappa shape index (κ3) is 5.42. The number of benzene rings is 2. The molecule has 0 unspecified atom stereocenters. The summed E-state index contributed by atoms with van der Waals surface area (Å²) >= 11 is 0. The maximum Gasteiger partial charge on any atom is 0.424 e. The van der Waals surface area contributed by atoms with Gasteiger partial charge in [0.05, 0.1) is 23.6 Å². The number of ether oxygens (including phenoxy) is 3. The number of carbonyl (C=O) groups excluding carboxylic acids is 1. The fourth-order valence-electron chi connectivity index (χ4n) is 4.09. The average Bonchev–Trinajstić information content (AvgIpc) is 3.14. The molecule has 0 radical (unpaired) electrons. The molecule has 1 N–H and O–H groups in total. The Morgan fingerprint density at radius 3 is 2.38 bits per heavy atom. The van der Waals surface area contributed by atoms with Crippen molar-refractivity contribution in [1.82, 2.24) is 10.4 Å². The Hall–Kier alpha value is -2.50. The summed E-state index contributed by atoms with van der Waals surface area (Å²) in [5.74, 6) is -0.899. The van der Waals surface area contributed by atoms with Gasteiger partial charge < -0.3 is 14.2 Å². The molecule has 2 heterocycles. The lowest BCUT2D eigenvalue weighted by Gasteiger charge is -2.43. The van der Waals surface area contributed by atoms with Crippen LogP contribution in [0.1, 0.15) is 31.9 Å². The third-order valence-electron chi connectivity index (χ3n) is 5.86. The maximum absolute atomic E-state index is 12.9. The molecule has 1 amide bonds. The number of fused-ring (bicyclic) bond motifs is 1. The topological polar surface area (TPSA) is 103 Å². The first kappa shape index (κ1) is 24.6. The molecule has 9 nitrogen and oxygen atoms in total. The first-order valence-corrected chi connectivity index (χ1v) is 12.5. The second kappa shape index (κ2) is 9.63. The van der Waals surface area contributed by atoms with Gasteiger partial charge in [0.2, 0.25) is 0 Å². The van der Waals surface area contributed by atoms with E-state index in [1.54, 1.807) is 26.0 Å². The molecule has 0 saturated carbocycles. The van der Waals surface area contributed by atoms with Gasteiger partial charge >= 0.3 is 6.09 Å². The van der Waals surface area contributed by atoms with Crippen LogP contribution in [0.3, 0.4) is 0 Å². The molecule has 34 heavy (non-hydrogen) atoms. The number of carbonyl (C=O) groups is 1. The fourth-order valence-corrected chi connectivity index (χ4v) is 5.03. The van der Waals surface area contributed by atoms with Crippen molar-refractivity contribution in [3.8, 4) is 0 Å². The van der Waals surface area contributed by atoms with Crippen LogP contribution in [0.15, 0.2) is 59.5 Å². The van der Waals surface area contributed by atoms with Crippen molar-refractivity contribution in [2.24, 2.45) is 0 Å². The number of hydrogen-bond acceptors (Lipinski definition) is 8. The van der Waals surface area contributed by atoms with Crippen LogP contribution in [0.2, 0.25) is 0 Å². The lowest BCUT2D eigenvalue weighted by atomic mass is 9.98. The smallest absolute Gasteiger partial charge is 0.424 e. The minimum Gasteiger partial charge on any atom is -0.444 e. The highest BCUT2D eigenvalue weighted by Crippen LogP contribution is 2.36. The van der Waals surface area contributed by atoms with Gasteiger partial charge in [-0.25, -0.2) is 15.2 Å². The molecule has 0 spiro atoms. The quantitative estimate of drug-likeness (QED) is 0.616. The average molecular weight is 491 g/mol. The Morgan fingerprint density at radius 1 is 1.06 bits per heavy atom. The highest BCUT2D eigenvalue weighted by Gasteiger charge is 2.54. The van der Waals surface area contributed by atoms with E-state index in [4.69, 9.17) is 18.4 Å². The molecule has 4 rings (SSSR count). The van der Waals surface area contributed by atoms with Gasteiger partial charge in [0.25, 0.3) is 10.1 Å². The summed E-state index contributed by atoms with van der Waals surface area (Å²) < 4.78 is 48.4. The summed E-state index contributed by atoms with van der Waals surface area (Å²) in [6.45, 7) is 7.08. The summed E-state index contributed by atoms with van der Waals surface area (Å²) in [6, 6.07) is 14.6. The predicted octanol–water partition coefficient (Wildman–Crippen LogP) is 3.13. The summed E-state index contributed by atoms with van der Waals surface area (Å²) in [4.78, 5) is 13.0. The van der Waals surface area contributed by atoms with Gasteiger partial charge in [-0.2, -0.15) is 8.42 Å². The SMILES string of the molecule is Cc1ccc(S(=O)(=O)OC[C@@H]2NN(C(=O)OCc3ccccc3)[C@@H](C)[C@H]3OC(C)(C)O[C@H]32)cc1. The van der Waals surface area contributed by atoms with Gasteiger partial charge in [-0.1, -0.05) is 48.0 Å². The van der Waals surface area contributed by atoms with Crippen LogP contribution in [0.4, 0.5) is 4.79 Å². The van der Waals surface area contributed by atoms with E-state index in [0.29, 0.717) is 0 Å². The van der Waals surface area contributed by atoms with E-state index in [2.05, 4.69) is 5.43 Å². The van der Waals surface area contributed by atoms with Crippen molar-refractivity contribution in [2.45, 2.75) is 69.3 Å². The van der Waals surface area contributed by atoms with Crippen LogP contribution in [-0.4, -0.2) is 56.2 Å². The van der Waals surface area contributed by atoms with Crippen LogP contribution in [0, 0.1) is 6.92 Å². The number of amides is 1. The molecule has 2 fully saturated rings. The molecular formula is C24H30N2O7S. The van der Waals surface area contributed by atoms with Crippen LogP contribution in [0.5, 0.6) is 0 Å². The first-order valence-electron chi connectivity index (χ1n) is 11.1. The van der Waals surface area contributed by atoms with E-state index >= 15 is 0 Å². The summed E-state index contributed by atoms with van der Waals surface area (Å²) in [6.07, 6.45) is -1.64. The zero-order valence-electron chi connectivity index (χ0n) is 19.6. The van der Waals surface area contributed by atoms with Crippen LogP contribution in [-0.2, 0) is 35.1 Å². The second-order valence-corrected chi connectivity index (χ2v) is 10.6. The van der Waals surface area contributed by atoms with Crippen molar-refractivity contribution < 1.29 is 31.6 Å². The molecule has 2 aliphatic rings. The molecule has 2 aliphatic heterocycles. The number of hydrazine groups is 1. The van der Waals surface area contributed by atoms with Crippen molar-refractivity contribution in [2.75, 3.05) is 6.61 Å². The Morgan fingerprint density at radius 2 is 1.71 bits per heavy atom. The van der Waals surface area contributed by atoms with E-state index in [-0.39, 0.29) is 18.1 Å². The second-order valence-electron chi connectivity index (χ2n) is 9.00. The number of aryl methyl sites for hydroxylation is 1. The Kier molecular flexibility index (Phi) is 6.97. The Labute approximate surface area is 200 Å². The van der Waals surface area contributed by atoms with Gasteiger partial charge in [-0.05, 0) is 45.4 Å². The number of hydrogen-bond donors (Lipinski definition) is 1. The summed E-state index contributed by atoms with van der Waals surface area (Å²) in [5.41, 5.74) is 4.84. The minimum atomic E-state index is -4.00. The van der Waals surface area contributed by atoms with Crippen LogP contribution in [0.25, 0.3) is 0 Å². The lowest BCUT2D eigenvalue weighted by Crippen LogP contribution is -2.68. The zero-order valence-corrected chi connectivity index (χ0v) is 20.4. The molecule has 10 heteroatoms. The summed E-state index contributed by atoms with van der Waals surface area (Å²) in [5, 5.41) is 1.32. The van der Waals surface area contributed by atoms with E-state index < -0.39 is 46.3 Å². The minimum absolute atomic E-state index is 0.0573. The molecule has 2 saturated heterocycles. The predicted molar refractivity (Wildman–Crippen MR) is 123 cm³/mol. The van der Waals surface area contributed by atoms with Gasteiger partial charge in [-0.15, -0.1) is 0 Å². The third-order valence-corrected chi connectivity index (χ3v) is 7.16. The molecule has 2 aromatic carbocycles. The van der Waals surface area contributed by atoms with Gasteiger partial charge in [0.15, 0.2) is 5.79 Å². The fraction of sp³-hybridized carbons (Fsp3) is 0.458. The van der Waals surface area contributed by atoms with E-state index in [0.717, 1.165) is 11.1 Å². The molecule has 0 aliphatic carbocycles. The van der Waals surface area contributed by atoms with Crippen molar-refractivity contribution >= 4 is 16.2 Å². The standard InChI is InChI=1S/C24H30N2O7S/c1-16-10-12-19(13-11-16)34(28,29)31-15-20-22-21(32-24(3,4)33-22)17(2)26(25-20)23(27)30-14-18-8-6-5-7-9-18/h5-13,17,20-22,25H,14-15H2,1-4H3/t17-,20-,21+,22-/m0/s1. The molecular weight excluding hydrogens is 460 g/mol. The Balaban J connectivity index is 1.48. The Bertz CT molecular complexity index is 1110. The van der Waals surface area contributed by atoms with Crippen LogP contribution >= 0.6 is 0 Å². The molecule has 2 aromatic rings. The normalized spacial score (nSPS) is 26.2. The van der Waals surface area contributed by atoms with E-state index in [1.165, 1.54) is 17.1 Å². The van der Waals surface area contributed by atoms with E-state index in [1.807, 2.05) is 44.2 Å². The number of nitrogens with zero attached hydrogens (tertiary/aromatic N) is 1. The number of nitrogens with one attached hydrogen (secondary N) is 1. The van der Waals surface area contributed by atoms with E-state index in [9.17, 15) is 13.2 Å². The van der Waals surface area contributed by atoms with Gasteiger partial charge in [0.1, 0.15) is 18.8 Å². The zero-order chi connectivity index (χ0) is 24.5. The van der Waals surface area contributed by atoms with Crippen molar-refractivity contribution in [1.29, 1.82) is 0 Å². The largest absolute Gasteiger partial charge is 0.444 e. The molecule has 4 atom stereocenters. The molecule has 184 valence electrons. The highest BCUT2D eigenvalue weighted by atomic mass is 32.2. The maximum atomic E-state index is 12.9. The molecule has 0 aromatic heterocycles. The number of rotatable bonds is 6.